The first-order valence-electron chi connectivity index (χ1n) is 6.86. The number of amides is 1. The molecule has 4 heteroatoms. The molecule has 0 aliphatic heterocycles. The number of aromatic hydroxyl groups is 1. The molecule has 0 fully saturated rings. The number of carbonyl (C=O) groups excluding carboxylic acids is 1. The largest absolute Gasteiger partial charge is 0.508 e. The lowest BCUT2D eigenvalue weighted by Gasteiger charge is -2.13. The van der Waals surface area contributed by atoms with Crippen LogP contribution in [0.25, 0.3) is 0 Å². The summed E-state index contributed by atoms with van der Waals surface area (Å²) in [6.45, 7) is 4.61. The average Bonchev–Trinajstić information content (AvgIpc) is 2.39. The van der Waals surface area contributed by atoms with Gasteiger partial charge in [-0.2, -0.15) is 0 Å². The lowest BCUT2D eigenvalue weighted by atomic mass is 9.96. The van der Waals surface area contributed by atoms with Gasteiger partial charge in [0.2, 0.25) is 5.91 Å². The van der Waals surface area contributed by atoms with Crippen LogP contribution in [-0.4, -0.2) is 17.6 Å². The van der Waals surface area contributed by atoms with Crippen molar-refractivity contribution in [2.75, 3.05) is 11.9 Å². The van der Waals surface area contributed by atoms with Gasteiger partial charge in [-0.25, -0.2) is 0 Å². The smallest absolute Gasteiger partial charge is 0.224 e. The minimum Gasteiger partial charge on any atom is -0.508 e. The van der Waals surface area contributed by atoms with Gasteiger partial charge in [0, 0.05) is 12.1 Å². The summed E-state index contributed by atoms with van der Waals surface area (Å²) in [5.41, 5.74) is 7.03. The first-order valence-corrected chi connectivity index (χ1v) is 6.86. The molecule has 0 saturated carbocycles. The normalized spacial score (nSPS) is 12.2. The van der Waals surface area contributed by atoms with Crippen LogP contribution in [0.3, 0.4) is 0 Å². The first-order chi connectivity index (χ1) is 9.06. The fraction of sp³-hybridized carbons (Fsp3) is 0.533. The van der Waals surface area contributed by atoms with Crippen LogP contribution in [0.5, 0.6) is 5.75 Å². The van der Waals surface area contributed by atoms with E-state index in [4.69, 9.17) is 5.73 Å². The summed E-state index contributed by atoms with van der Waals surface area (Å²) in [7, 11) is 0. The van der Waals surface area contributed by atoms with E-state index in [-0.39, 0.29) is 11.7 Å². The highest BCUT2D eigenvalue weighted by Crippen LogP contribution is 2.21. The Balaban J connectivity index is 2.44. The SMILES string of the molecule is CCC(CCN)CCC(=O)Nc1ccc(O)c(C)c1. The Morgan fingerprint density at radius 3 is 2.74 bits per heavy atom. The van der Waals surface area contributed by atoms with E-state index in [0.717, 1.165) is 30.5 Å². The number of rotatable bonds is 7. The summed E-state index contributed by atoms with van der Waals surface area (Å²) in [5, 5.41) is 12.3. The van der Waals surface area contributed by atoms with E-state index in [2.05, 4.69) is 12.2 Å². The van der Waals surface area contributed by atoms with Crippen LogP contribution in [0.1, 0.15) is 38.2 Å². The number of hydrogen-bond acceptors (Lipinski definition) is 3. The predicted molar refractivity (Wildman–Crippen MR) is 78.2 cm³/mol. The van der Waals surface area contributed by atoms with Gasteiger partial charge >= 0.3 is 0 Å². The highest BCUT2D eigenvalue weighted by molar-refractivity contribution is 5.90. The molecule has 0 spiro atoms. The summed E-state index contributed by atoms with van der Waals surface area (Å²) in [6.07, 6.45) is 3.42. The molecular weight excluding hydrogens is 240 g/mol. The molecule has 0 saturated heterocycles. The van der Waals surface area contributed by atoms with E-state index in [0.29, 0.717) is 18.9 Å². The van der Waals surface area contributed by atoms with Gasteiger partial charge in [0.05, 0.1) is 0 Å². The van der Waals surface area contributed by atoms with Gasteiger partial charge in [0.1, 0.15) is 5.75 Å². The molecular formula is C15H24N2O2. The van der Waals surface area contributed by atoms with Gasteiger partial charge in [0.15, 0.2) is 0 Å². The van der Waals surface area contributed by atoms with Crippen molar-refractivity contribution in [3.63, 3.8) is 0 Å². The van der Waals surface area contributed by atoms with Gasteiger partial charge in [-0.05, 0) is 56.0 Å². The molecule has 4 N–H and O–H groups in total. The van der Waals surface area contributed by atoms with Crippen LogP contribution in [-0.2, 0) is 4.79 Å². The van der Waals surface area contributed by atoms with Crippen molar-refractivity contribution in [1.29, 1.82) is 0 Å². The summed E-state index contributed by atoms with van der Waals surface area (Å²) < 4.78 is 0. The maximum atomic E-state index is 11.8. The maximum absolute atomic E-state index is 11.8. The first kappa shape index (κ1) is 15.5. The van der Waals surface area contributed by atoms with Crippen LogP contribution in [0.2, 0.25) is 0 Å². The van der Waals surface area contributed by atoms with Gasteiger partial charge < -0.3 is 16.2 Å². The molecule has 1 amide bonds. The predicted octanol–water partition coefficient (Wildman–Crippen LogP) is 2.79. The lowest BCUT2D eigenvalue weighted by molar-refractivity contribution is -0.116. The number of hydrogen-bond donors (Lipinski definition) is 3. The molecule has 0 radical (unpaired) electrons. The highest BCUT2D eigenvalue weighted by atomic mass is 16.3. The summed E-state index contributed by atoms with van der Waals surface area (Å²) in [6, 6.07) is 5.07. The van der Waals surface area contributed by atoms with E-state index in [1.807, 2.05) is 0 Å². The van der Waals surface area contributed by atoms with Gasteiger partial charge in [-0.15, -0.1) is 0 Å². The van der Waals surface area contributed by atoms with Crippen molar-refractivity contribution in [1.82, 2.24) is 0 Å². The van der Waals surface area contributed by atoms with Crippen LogP contribution < -0.4 is 11.1 Å². The Morgan fingerprint density at radius 1 is 1.42 bits per heavy atom. The van der Waals surface area contributed by atoms with Gasteiger partial charge in [0.25, 0.3) is 0 Å². The van der Waals surface area contributed by atoms with Gasteiger partial charge in [-0.3, -0.25) is 4.79 Å². The molecule has 19 heavy (non-hydrogen) atoms. The topological polar surface area (TPSA) is 75.4 Å². The minimum absolute atomic E-state index is 0.0144. The van der Waals surface area contributed by atoms with E-state index >= 15 is 0 Å². The van der Waals surface area contributed by atoms with E-state index in [1.165, 1.54) is 0 Å². The van der Waals surface area contributed by atoms with Crippen LogP contribution >= 0.6 is 0 Å². The maximum Gasteiger partial charge on any atom is 0.224 e. The van der Waals surface area contributed by atoms with Crippen molar-refractivity contribution >= 4 is 11.6 Å². The van der Waals surface area contributed by atoms with Crippen molar-refractivity contribution in [3.05, 3.63) is 23.8 Å². The van der Waals surface area contributed by atoms with Crippen molar-refractivity contribution in [2.24, 2.45) is 11.7 Å². The fourth-order valence-electron chi connectivity index (χ4n) is 2.08. The lowest BCUT2D eigenvalue weighted by Crippen LogP contribution is -2.15. The molecule has 106 valence electrons. The van der Waals surface area contributed by atoms with Crippen molar-refractivity contribution < 1.29 is 9.90 Å². The number of nitrogens with two attached hydrogens (primary N) is 1. The summed E-state index contributed by atoms with van der Waals surface area (Å²) >= 11 is 0. The molecule has 1 unspecified atom stereocenters. The van der Waals surface area contributed by atoms with Crippen LogP contribution in [0.15, 0.2) is 18.2 Å². The van der Waals surface area contributed by atoms with Crippen LogP contribution in [0, 0.1) is 12.8 Å². The monoisotopic (exact) mass is 264 g/mol. The van der Waals surface area contributed by atoms with E-state index < -0.39 is 0 Å². The van der Waals surface area contributed by atoms with Crippen LogP contribution in [0.4, 0.5) is 5.69 Å². The third kappa shape index (κ3) is 5.30. The molecule has 4 nitrogen and oxygen atoms in total. The summed E-state index contributed by atoms with van der Waals surface area (Å²) in [4.78, 5) is 11.8. The van der Waals surface area contributed by atoms with E-state index in [1.54, 1.807) is 25.1 Å². The zero-order valence-electron chi connectivity index (χ0n) is 11.8. The number of phenols is 1. The number of benzene rings is 1. The van der Waals surface area contributed by atoms with Crippen molar-refractivity contribution in [3.8, 4) is 5.75 Å². The molecule has 1 atom stereocenters. The number of phenolic OH excluding ortho intramolecular Hbond substituents is 1. The Hall–Kier alpha value is -1.55. The third-order valence-electron chi connectivity index (χ3n) is 3.41. The minimum atomic E-state index is 0.0144. The Kier molecular flexibility index (Phi) is 6.36. The zero-order chi connectivity index (χ0) is 14.3. The Morgan fingerprint density at radius 2 is 2.16 bits per heavy atom. The quantitative estimate of drug-likeness (QED) is 0.663. The van der Waals surface area contributed by atoms with E-state index in [9.17, 15) is 9.90 Å². The fourth-order valence-corrected chi connectivity index (χ4v) is 2.08. The molecule has 0 bridgehead atoms. The standard InChI is InChI=1S/C15H24N2O2/c1-3-12(8-9-16)4-7-15(19)17-13-5-6-14(18)11(2)10-13/h5-6,10,12,18H,3-4,7-9,16H2,1-2H3,(H,17,19). The highest BCUT2D eigenvalue weighted by Gasteiger charge is 2.09. The molecule has 0 aliphatic carbocycles. The number of carbonyl (C=O) groups is 1. The second-order valence-corrected chi connectivity index (χ2v) is 4.94. The molecule has 0 aliphatic rings. The summed E-state index contributed by atoms with van der Waals surface area (Å²) in [5.74, 6) is 0.782. The average molecular weight is 264 g/mol. The van der Waals surface area contributed by atoms with Crippen molar-refractivity contribution in [2.45, 2.75) is 39.5 Å². The number of aryl methyl sites for hydroxylation is 1. The Labute approximate surface area is 115 Å². The third-order valence-corrected chi connectivity index (χ3v) is 3.41. The second kappa shape index (κ2) is 7.79. The Bertz CT molecular complexity index is 419. The van der Waals surface area contributed by atoms with Gasteiger partial charge in [-0.1, -0.05) is 13.3 Å². The molecule has 0 heterocycles. The molecule has 1 aromatic carbocycles. The molecule has 0 aromatic heterocycles. The molecule has 1 aromatic rings. The number of nitrogens with one attached hydrogen (secondary N) is 1. The molecule has 1 rings (SSSR count). The second-order valence-electron chi connectivity index (χ2n) is 4.94. The zero-order valence-corrected chi connectivity index (χ0v) is 11.8. The number of anilines is 1.